The van der Waals surface area contributed by atoms with Gasteiger partial charge in [0, 0.05) is 25.9 Å². The van der Waals surface area contributed by atoms with Crippen molar-refractivity contribution in [2.45, 2.75) is 96.1 Å². The van der Waals surface area contributed by atoms with Crippen LogP contribution in [0.4, 0.5) is 0 Å². The molecule has 0 heterocycles. The van der Waals surface area contributed by atoms with Crippen molar-refractivity contribution in [3.05, 3.63) is 11.1 Å². The zero-order valence-corrected chi connectivity index (χ0v) is 19.1. The highest BCUT2D eigenvalue weighted by Gasteiger charge is 2.47. The second-order valence-corrected chi connectivity index (χ2v) is 14.9. The molecule has 0 N–H and O–H groups in total. The Morgan fingerprint density at radius 1 is 1.07 bits per heavy atom. The van der Waals surface area contributed by atoms with Gasteiger partial charge in [0.2, 0.25) is 0 Å². The van der Waals surface area contributed by atoms with Gasteiger partial charge in [-0.15, -0.1) is 0 Å². The fraction of sp³-hybridized carbons (Fsp3) is 0.864. The van der Waals surface area contributed by atoms with Crippen molar-refractivity contribution in [2.24, 2.45) is 11.8 Å². The molecule has 0 radical (unpaired) electrons. The predicted octanol–water partition coefficient (Wildman–Crippen LogP) is 5.24. The van der Waals surface area contributed by atoms with Crippen molar-refractivity contribution >= 4 is 14.1 Å². The minimum absolute atomic E-state index is 0.122. The maximum absolute atomic E-state index is 12.5. The number of carbonyl (C=O) groups excluding carboxylic acids is 1. The van der Waals surface area contributed by atoms with Crippen LogP contribution in [0.5, 0.6) is 0 Å². The lowest BCUT2D eigenvalue weighted by molar-refractivity contribution is -0.120. The Bertz CT molecular complexity index is 590. The van der Waals surface area contributed by atoms with Gasteiger partial charge in [-0.1, -0.05) is 26.3 Å². The van der Waals surface area contributed by atoms with Crippen LogP contribution < -0.4 is 0 Å². The number of carbonyl (C=O) groups is 1. The number of ketones is 1. The van der Waals surface area contributed by atoms with Crippen LogP contribution in [0.25, 0.3) is 0 Å². The monoisotopic (exact) mass is 394 g/mol. The molecule has 4 atom stereocenters. The van der Waals surface area contributed by atoms with Crippen LogP contribution in [-0.4, -0.2) is 40.2 Å². The number of rotatable bonds is 5. The minimum atomic E-state index is -1.89. The van der Waals surface area contributed by atoms with Crippen LogP contribution >= 0.6 is 0 Å². The van der Waals surface area contributed by atoms with E-state index in [1.54, 1.807) is 12.7 Å². The third kappa shape index (κ3) is 4.41. The van der Waals surface area contributed by atoms with E-state index >= 15 is 0 Å². The summed E-state index contributed by atoms with van der Waals surface area (Å²) in [5.41, 5.74) is 3.11. The molecule has 0 aliphatic heterocycles. The first-order valence-electron chi connectivity index (χ1n) is 10.7. The number of methoxy groups -OCH3 is 1. The molecule has 1 saturated carbocycles. The topological polar surface area (TPSA) is 44.8 Å². The van der Waals surface area contributed by atoms with Crippen molar-refractivity contribution in [1.29, 1.82) is 0 Å². The van der Waals surface area contributed by atoms with Gasteiger partial charge in [0.05, 0.1) is 12.2 Å². The van der Waals surface area contributed by atoms with Gasteiger partial charge in [0.15, 0.2) is 8.32 Å². The second kappa shape index (κ2) is 8.09. The number of hydrogen-bond donors (Lipinski definition) is 0. The van der Waals surface area contributed by atoms with E-state index in [0.717, 1.165) is 25.7 Å². The van der Waals surface area contributed by atoms with Gasteiger partial charge >= 0.3 is 0 Å². The minimum Gasteiger partial charge on any atom is -0.410 e. The number of hydrogen-bond acceptors (Lipinski definition) is 4. The highest BCUT2D eigenvalue weighted by molar-refractivity contribution is 6.74. The first-order valence-corrected chi connectivity index (χ1v) is 13.6. The maximum Gasteiger partial charge on any atom is 0.192 e. The molecule has 0 aromatic rings. The van der Waals surface area contributed by atoms with Crippen molar-refractivity contribution in [1.82, 2.24) is 0 Å². The Kier molecular flexibility index (Phi) is 6.36. The smallest absolute Gasteiger partial charge is 0.192 e. The van der Waals surface area contributed by atoms with E-state index in [9.17, 15) is 4.79 Å². The summed E-state index contributed by atoms with van der Waals surface area (Å²) < 4.78 is 18.1. The van der Waals surface area contributed by atoms with E-state index in [4.69, 9.17) is 13.9 Å². The molecule has 4 nitrogen and oxygen atoms in total. The summed E-state index contributed by atoms with van der Waals surface area (Å²) in [6.07, 6.45) is 6.86. The lowest BCUT2D eigenvalue weighted by atomic mass is 9.90. The van der Waals surface area contributed by atoms with E-state index in [-0.39, 0.29) is 17.2 Å². The summed E-state index contributed by atoms with van der Waals surface area (Å²) >= 11 is 0. The maximum atomic E-state index is 12.5. The van der Waals surface area contributed by atoms with Crippen LogP contribution in [0.2, 0.25) is 18.1 Å². The number of Topliss-reactive ketones (excluding diaryl/α,β-unsaturated/α-hetero) is 1. The normalized spacial score (nSPS) is 32.3. The summed E-state index contributed by atoms with van der Waals surface area (Å²) in [4.78, 5) is 12.5. The summed E-state index contributed by atoms with van der Waals surface area (Å²) in [6.45, 7) is 11.9. The standard InChI is InChI=1S/C22H38O4Si/c1-22(2,3)27(5,6)26-19-12-9-16(23)8-11-18-20(25-14-24-4)13-15-7-10-17(19)21(15)18/h15,18-20H,7-14H2,1-6H3/t15-,18+,19-,20+/m0/s1. The third-order valence-electron chi connectivity index (χ3n) is 7.39. The van der Waals surface area contributed by atoms with Crippen molar-refractivity contribution in [2.75, 3.05) is 13.9 Å². The quantitative estimate of drug-likeness (QED) is 0.363. The van der Waals surface area contributed by atoms with E-state index in [2.05, 4.69) is 33.9 Å². The molecule has 0 unspecified atom stereocenters. The largest absolute Gasteiger partial charge is 0.410 e. The summed E-state index contributed by atoms with van der Waals surface area (Å²) in [5, 5.41) is 0.178. The highest BCUT2D eigenvalue weighted by atomic mass is 28.4. The lowest BCUT2D eigenvalue weighted by Crippen LogP contribution is -2.44. The molecule has 0 spiro atoms. The van der Waals surface area contributed by atoms with Gasteiger partial charge < -0.3 is 13.9 Å². The van der Waals surface area contributed by atoms with Gasteiger partial charge in [0.25, 0.3) is 0 Å². The van der Waals surface area contributed by atoms with Crippen molar-refractivity contribution < 1.29 is 18.7 Å². The Morgan fingerprint density at radius 2 is 1.78 bits per heavy atom. The molecular formula is C22H38O4Si. The molecule has 3 aliphatic carbocycles. The van der Waals surface area contributed by atoms with Gasteiger partial charge in [-0.3, -0.25) is 4.79 Å². The summed E-state index contributed by atoms with van der Waals surface area (Å²) in [7, 11) is -0.211. The molecule has 0 saturated heterocycles. The molecule has 0 amide bonds. The summed E-state index contributed by atoms with van der Waals surface area (Å²) in [6, 6.07) is 0. The molecule has 3 aliphatic rings. The van der Waals surface area contributed by atoms with E-state index in [0.29, 0.717) is 37.3 Å². The van der Waals surface area contributed by atoms with Crippen LogP contribution in [-0.2, 0) is 18.7 Å². The molecule has 3 rings (SSSR count). The lowest BCUT2D eigenvalue weighted by Gasteiger charge is -2.40. The van der Waals surface area contributed by atoms with E-state index in [1.165, 1.54) is 12.0 Å². The molecule has 27 heavy (non-hydrogen) atoms. The van der Waals surface area contributed by atoms with Crippen LogP contribution in [0, 0.1) is 11.8 Å². The van der Waals surface area contributed by atoms with Crippen LogP contribution in [0.15, 0.2) is 11.1 Å². The fourth-order valence-electron chi connectivity index (χ4n) is 4.92. The van der Waals surface area contributed by atoms with Crippen molar-refractivity contribution in [3.63, 3.8) is 0 Å². The first-order chi connectivity index (χ1) is 12.6. The van der Waals surface area contributed by atoms with Gasteiger partial charge in [-0.25, -0.2) is 0 Å². The molecule has 0 aromatic heterocycles. The zero-order valence-electron chi connectivity index (χ0n) is 18.1. The first kappa shape index (κ1) is 21.2. The van der Waals surface area contributed by atoms with Crippen LogP contribution in [0.1, 0.15) is 65.7 Å². The predicted molar refractivity (Wildman–Crippen MR) is 110 cm³/mol. The van der Waals surface area contributed by atoms with E-state index in [1.807, 2.05) is 0 Å². The third-order valence-corrected chi connectivity index (χ3v) is 11.9. The second-order valence-electron chi connectivity index (χ2n) is 10.2. The average molecular weight is 395 g/mol. The van der Waals surface area contributed by atoms with Gasteiger partial charge in [0.1, 0.15) is 12.6 Å². The molecule has 0 bridgehead atoms. The summed E-state index contributed by atoms with van der Waals surface area (Å²) in [5.74, 6) is 1.37. The molecule has 1 fully saturated rings. The fourth-order valence-corrected chi connectivity index (χ4v) is 6.25. The zero-order chi connectivity index (χ0) is 19.8. The highest BCUT2D eigenvalue weighted by Crippen LogP contribution is 2.52. The molecular weight excluding hydrogens is 356 g/mol. The number of ether oxygens (including phenoxy) is 2. The molecule has 0 aromatic carbocycles. The van der Waals surface area contributed by atoms with Crippen molar-refractivity contribution in [3.8, 4) is 0 Å². The Balaban J connectivity index is 1.91. The van der Waals surface area contributed by atoms with Gasteiger partial charge in [-0.2, -0.15) is 0 Å². The Labute approximate surface area is 166 Å². The molecule has 154 valence electrons. The van der Waals surface area contributed by atoms with Gasteiger partial charge in [-0.05, 0) is 61.7 Å². The Hall–Kier alpha value is -0.493. The molecule has 5 heteroatoms. The van der Waals surface area contributed by atoms with E-state index < -0.39 is 8.32 Å². The average Bonchev–Trinajstić information content (AvgIpc) is 3.13. The SMILES string of the molecule is COCO[C@@H]1C[C@@H]2CCC3=C2[C@@H]1CCC(=O)CC[C@@H]3O[Si](C)(C)C(C)(C)C. The van der Waals surface area contributed by atoms with Crippen LogP contribution in [0.3, 0.4) is 0 Å². The Morgan fingerprint density at radius 3 is 2.44 bits per heavy atom.